The molecule has 3 rings (SSSR count). The van der Waals surface area contributed by atoms with Crippen LogP contribution in [0.4, 0.5) is 5.13 Å². The predicted octanol–water partition coefficient (Wildman–Crippen LogP) is 3.68. The van der Waals surface area contributed by atoms with Crippen molar-refractivity contribution in [2.75, 3.05) is 44.9 Å². The minimum absolute atomic E-state index is 0.115. The Labute approximate surface area is 193 Å². The van der Waals surface area contributed by atoms with Crippen molar-refractivity contribution in [2.45, 2.75) is 25.2 Å². The van der Waals surface area contributed by atoms with E-state index in [0.29, 0.717) is 24.0 Å². The van der Waals surface area contributed by atoms with E-state index in [1.54, 1.807) is 17.0 Å². The Bertz CT molecular complexity index is 1200. The number of thiazole rings is 1. The first-order valence-corrected chi connectivity index (χ1v) is 12.8. The molecular weight excluding hydrogens is 446 g/mol. The largest absolute Gasteiger partial charge is 0.497 e. The second kappa shape index (κ2) is 9.97. The highest BCUT2D eigenvalue weighted by molar-refractivity contribution is 7.91. The van der Waals surface area contributed by atoms with Gasteiger partial charge in [-0.2, -0.15) is 0 Å². The smallest absolute Gasteiger partial charge is 0.229 e. The Hall–Kier alpha value is -2.49. The fourth-order valence-electron chi connectivity index (χ4n) is 3.21. The van der Waals surface area contributed by atoms with Crippen LogP contribution in [0.3, 0.4) is 0 Å². The summed E-state index contributed by atoms with van der Waals surface area (Å²) in [4.78, 5) is 21.7. The van der Waals surface area contributed by atoms with Gasteiger partial charge in [0.2, 0.25) is 5.91 Å². The number of methoxy groups -OCH3 is 1. The van der Waals surface area contributed by atoms with Gasteiger partial charge in [-0.05, 0) is 69.4 Å². The molecule has 0 aliphatic rings. The Morgan fingerprint density at radius 2 is 1.75 bits per heavy atom. The van der Waals surface area contributed by atoms with Crippen LogP contribution in [0.15, 0.2) is 41.3 Å². The molecule has 0 bridgehead atoms. The van der Waals surface area contributed by atoms with E-state index in [2.05, 4.69) is 0 Å². The van der Waals surface area contributed by atoms with Crippen LogP contribution in [0.1, 0.15) is 17.5 Å². The third-order valence-corrected chi connectivity index (χ3v) is 8.16. The van der Waals surface area contributed by atoms with Crippen molar-refractivity contribution < 1.29 is 17.9 Å². The lowest BCUT2D eigenvalue weighted by atomic mass is 10.1. The number of likely N-dealkylation sites (N-methyl/N-ethyl adjacent to an activating group) is 1. The van der Waals surface area contributed by atoms with Gasteiger partial charge < -0.3 is 9.64 Å². The number of aromatic nitrogens is 1. The molecule has 0 atom stereocenters. The van der Waals surface area contributed by atoms with Crippen molar-refractivity contribution in [3.8, 4) is 5.75 Å². The molecule has 9 heteroatoms. The summed E-state index contributed by atoms with van der Waals surface area (Å²) in [6, 6.07) is 10.3. The van der Waals surface area contributed by atoms with Gasteiger partial charge in [0.25, 0.3) is 0 Å². The summed E-state index contributed by atoms with van der Waals surface area (Å²) in [6.07, 6.45) is -0.115. The molecule has 172 valence electrons. The molecule has 3 aromatic rings. The molecule has 0 unspecified atom stereocenters. The van der Waals surface area contributed by atoms with E-state index in [0.717, 1.165) is 21.3 Å². The summed E-state index contributed by atoms with van der Waals surface area (Å²) < 4.78 is 31.6. The van der Waals surface area contributed by atoms with Crippen LogP contribution in [0.25, 0.3) is 10.2 Å². The molecule has 1 aromatic heterocycles. The van der Waals surface area contributed by atoms with E-state index >= 15 is 0 Å². The second-order valence-electron chi connectivity index (χ2n) is 7.94. The zero-order valence-corrected chi connectivity index (χ0v) is 20.7. The van der Waals surface area contributed by atoms with Gasteiger partial charge in [-0.25, -0.2) is 13.4 Å². The highest BCUT2D eigenvalue weighted by Crippen LogP contribution is 2.32. The minimum Gasteiger partial charge on any atom is -0.497 e. The number of rotatable bonds is 9. The van der Waals surface area contributed by atoms with E-state index in [4.69, 9.17) is 9.72 Å². The van der Waals surface area contributed by atoms with Crippen LogP contribution < -0.4 is 9.64 Å². The van der Waals surface area contributed by atoms with E-state index in [1.165, 1.54) is 30.6 Å². The lowest BCUT2D eigenvalue weighted by molar-refractivity contribution is -0.118. The number of ether oxygens (including phenoxy) is 1. The zero-order valence-electron chi connectivity index (χ0n) is 19.1. The lowest BCUT2D eigenvalue weighted by Crippen LogP contribution is -2.37. The maximum Gasteiger partial charge on any atom is 0.229 e. The average Bonchev–Trinajstić information content (AvgIpc) is 3.19. The summed E-state index contributed by atoms with van der Waals surface area (Å²) >= 11 is 1.45. The molecule has 0 saturated carbocycles. The number of hydrogen-bond acceptors (Lipinski definition) is 7. The Balaban J connectivity index is 1.82. The van der Waals surface area contributed by atoms with Gasteiger partial charge in [0.05, 0.1) is 28.0 Å². The first-order chi connectivity index (χ1) is 15.1. The molecule has 2 aromatic carbocycles. The summed E-state index contributed by atoms with van der Waals surface area (Å²) in [5, 5.41) is 0.599. The van der Waals surface area contributed by atoms with Crippen molar-refractivity contribution in [3.05, 3.63) is 47.5 Å². The minimum atomic E-state index is -3.59. The van der Waals surface area contributed by atoms with Gasteiger partial charge in [-0.15, -0.1) is 0 Å². The number of hydrogen-bond donors (Lipinski definition) is 0. The van der Waals surface area contributed by atoms with Crippen molar-refractivity contribution in [2.24, 2.45) is 0 Å². The van der Waals surface area contributed by atoms with Gasteiger partial charge in [0, 0.05) is 19.5 Å². The molecule has 0 radical (unpaired) electrons. The number of sulfone groups is 1. The van der Waals surface area contributed by atoms with E-state index in [9.17, 15) is 13.2 Å². The molecular formula is C23H29N3O4S2. The van der Waals surface area contributed by atoms with Gasteiger partial charge in [-0.3, -0.25) is 9.69 Å². The summed E-state index contributed by atoms with van der Waals surface area (Å²) in [6.45, 7) is 5.14. The highest BCUT2D eigenvalue weighted by Gasteiger charge is 2.24. The molecule has 1 heterocycles. The van der Waals surface area contributed by atoms with Crippen LogP contribution in [0, 0.1) is 13.8 Å². The number of carbonyl (C=O) groups excluding carboxylic acids is 1. The van der Waals surface area contributed by atoms with Crippen molar-refractivity contribution in [1.82, 2.24) is 9.88 Å². The van der Waals surface area contributed by atoms with Gasteiger partial charge in [0.15, 0.2) is 15.0 Å². The zero-order chi connectivity index (χ0) is 23.5. The standard InChI is InChI=1S/C23H29N3O4S2/c1-16-6-11-20-22(17(16)2)24-23(31-20)26(14-13-25(3)4)21(27)12-15-32(28,29)19-9-7-18(30-5)8-10-19/h6-11H,12-15H2,1-5H3. The highest BCUT2D eigenvalue weighted by atomic mass is 32.2. The fraction of sp³-hybridized carbons (Fsp3) is 0.391. The number of anilines is 1. The SMILES string of the molecule is COc1ccc(S(=O)(=O)CCC(=O)N(CCN(C)C)c2nc3c(C)c(C)ccc3s2)cc1. The number of amides is 1. The molecule has 0 aliphatic carbocycles. The van der Waals surface area contributed by atoms with Crippen LogP contribution in [-0.4, -0.2) is 64.3 Å². The van der Waals surface area contributed by atoms with Gasteiger partial charge in [0.1, 0.15) is 5.75 Å². The van der Waals surface area contributed by atoms with E-state index in [-0.39, 0.29) is 23.0 Å². The molecule has 0 spiro atoms. The van der Waals surface area contributed by atoms with E-state index in [1.807, 2.05) is 45.0 Å². The van der Waals surface area contributed by atoms with Crippen LogP contribution in [0.5, 0.6) is 5.75 Å². The molecule has 1 amide bonds. The van der Waals surface area contributed by atoms with Gasteiger partial charge >= 0.3 is 0 Å². The Morgan fingerprint density at radius 3 is 2.38 bits per heavy atom. The van der Waals surface area contributed by atoms with Crippen molar-refractivity contribution in [3.63, 3.8) is 0 Å². The number of aryl methyl sites for hydroxylation is 2. The molecule has 0 fully saturated rings. The third kappa shape index (κ3) is 5.46. The average molecular weight is 476 g/mol. The third-order valence-electron chi connectivity index (χ3n) is 5.38. The molecule has 0 saturated heterocycles. The van der Waals surface area contributed by atoms with Gasteiger partial charge in [-0.1, -0.05) is 17.4 Å². The molecule has 32 heavy (non-hydrogen) atoms. The Kier molecular flexibility index (Phi) is 7.53. The molecule has 0 N–H and O–H groups in total. The summed E-state index contributed by atoms with van der Waals surface area (Å²) in [5.74, 6) is 0.0632. The van der Waals surface area contributed by atoms with Crippen molar-refractivity contribution in [1.29, 1.82) is 0 Å². The summed E-state index contributed by atoms with van der Waals surface area (Å²) in [5.41, 5.74) is 3.12. The maximum absolute atomic E-state index is 13.2. The van der Waals surface area contributed by atoms with Crippen molar-refractivity contribution >= 4 is 42.4 Å². The Morgan fingerprint density at radius 1 is 1.06 bits per heavy atom. The summed E-state index contributed by atoms with van der Waals surface area (Å²) in [7, 11) is 1.79. The predicted molar refractivity (Wildman–Crippen MR) is 130 cm³/mol. The first kappa shape index (κ1) is 24.2. The normalized spacial score (nSPS) is 11.8. The molecule has 7 nitrogen and oxygen atoms in total. The first-order valence-electron chi connectivity index (χ1n) is 10.3. The fourth-order valence-corrected chi connectivity index (χ4v) is 5.51. The number of fused-ring (bicyclic) bond motifs is 1. The number of nitrogens with zero attached hydrogens (tertiary/aromatic N) is 3. The van der Waals surface area contributed by atoms with E-state index < -0.39 is 9.84 Å². The second-order valence-corrected chi connectivity index (χ2v) is 11.1. The monoisotopic (exact) mass is 475 g/mol. The number of benzene rings is 2. The van der Waals surface area contributed by atoms with Crippen LogP contribution >= 0.6 is 11.3 Å². The van der Waals surface area contributed by atoms with Crippen LogP contribution in [0.2, 0.25) is 0 Å². The quantitative estimate of drug-likeness (QED) is 0.470. The lowest BCUT2D eigenvalue weighted by Gasteiger charge is -2.22. The van der Waals surface area contributed by atoms with Crippen LogP contribution in [-0.2, 0) is 14.6 Å². The topological polar surface area (TPSA) is 79.8 Å². The maximum atomic E-state index is 13.2. The number of carbonyl (C=O) groups is 1. The molecule has 0 aliphatic heterocycles.